The Kier molecular flexibility index (Phi) is 11.2. The Morgan fingerprint density at radius 1 is 1.10 bits per heavy atom. The van der Waals surface area contributed by atoms with Crippen LogP contribution >= 0.6 is 11.8 Å². The normalized spacial score (nSPS) is 17.9. The summed E-state index contributed by atoms with van der Waals surface area (Å²) in [5.41, 5.74) is 1.23. The molecule has 1 fully saturated rings. The zero-order valence-electron chi connectivity index (χ0n) is 23.1. The number of nitrogens with zero attached hydrogens (tertiary/aromatic N) is 2. The molecule has 2 aliphatic rings. The minimum absolute atomic E-state index is 0.00620. The van der Waals surface area contributed by atoms with Crippen molar-refractivity contribution in [1.82, 2.24) is 20.3 Å². The highest BCUT2D eigenvalue weighted by atomic mass is 32.2. The molecule has 2 atom stereocenters. The predicted octanol–water partition coefficient (Wildman–Crippen LogP) is 1.61. The molecule has 0 spiro atoms. The van der Waals surface area contributed by atoms with Crippen LogP contribution in [0.15, 0.2) is 64.5 Å². The van der Waals surface area contributed by atoms with Gasteiger partial charge in [-0.05, 0) is 49.1 Å². The van der Waals surface area contributed by atoms with Gasteiger partial charge in [-0.25, -0.2) is 13.2 Å². The number of aliphatic imine (C=N–C) groups is 1. The Balaban J connectivity index is 1.25. The van der Waals surface area contributed by atoms with Gasteiger partial charge in [-0.1, -0.05) is 30.3 Å². The van der Waals surface area contributed by atoms with E-state index in [9.17, 15) is 27.9 Å². The summed E-state index contributed by atoms with van der Waals surface area (Å²) in [6.45, 7) is 2.47. The van der Waals surface area contributed by atoms with Gasteiger partial charge in [0.2, 0.25) is 21.8 Å². The fourth-order valence-electron chi connectivity index (χ4n) is 4.52. The van der Waals surface area contributed by atoms with E-state index < -0.39 is 34.0 Å². The van der Waals surface area contributed by atoms with Gasteiger partial charge in [-0.2, -0.15) is 4.31 Å². The number of aliphatic carboxylic acids is 1. The number of anilines is 1. The van der Waals surface area contributed by atoms with Gasteiger partial charge < -0.3 is 26.4 Å². The van der Waals surface area contributed by atoms with Crippen LogP contribution in [-0.2, 0) is 30.8 Å². The first-order valence-electron chi connectivity index (χ1n) is 13.8. The molecule has 14 heteroatoms. The van der Waals surface area contributed by atoms with Gasteiger partial charge >= 0.3 is 5.97 Å². The molecule has 42 heavy (non-hydrogen) atoms. The number of carbonyl (C=O) groups excluding carboxylic acids is 2. The Bertz CT molecular complexity index is 1370. The number of rotatable bonds is 13. The summed E-state index contributed by atoms with van der Waals surface area (Å²) >= 11 is 1.29. The second-order valence-electron chi connectivity index (χ2n) is 9.96. The van der Waals surface area contributed by atoms with Crippen LogP contribution < -0.4 is 21.3 Å². The summed E-state index contributed by atoms with van der Waals surface area (Å²) in [6, 6.07) is 12.3. The monoisotopic (exact) mass is 616 g/mol. The molecule has 12 nitrogen and oxygen atoms in total. The maximum atomic E-state index is 13.1. The lowest BCUT2D eigenvalue weighted by molar-refractivity contribution is -0.142. The van der Waals surface area contributed by atoms with Crippen LogP contribution in [0.5, 0.6) is 0 Å². The van der Waals surface area contributed by atoms with Crippen molar-refractivity contribution in [1.29, 1.82) is 0 Å². The van der Waals surface area contributed by atoms with Gasteiger partial charge in [0.15, 0.2) is 5.96 Å². The lowest BCUT2D eigenvalue weighted by Crippen LogP contribution is -2.52. The van der Waals surface area contributed by atoms with Gasteiger partial charge in [0, 0.05) is 43.9 Å². The van der Waals surface area contributed by atoms with Crippen molar-refractivity contribution >= 4 is 51.2 Å². The zero-order valence-corrected chi connectivity index (χ0v) is 24.8. The first kappa shape index (κ1) is 31.3. The first-order chi connectivity index (χ1) is 20.2. The van der Waals surface area contributed by atoms with Crippen molar-refractivity contribution in [3.63, 3.8) is 0 Å². The van der Waals surface area contributed by atoms with E-state index in [1.165, 1.54) is 23.9 Å². The molecule has 2 aliphatic heterocycles. The molecule has 2 aromatic rings. The Morgan fingerprint density at radius 2 is 1.86 bits per heavy atom. The van der Waals surface area contributed by atoms with E-state index in [0.717, 1.165) is 42.7 Å². The van der Waals surface area contributed by atoms with Gasteiger partial charge in [0.1, 0.15) is 12.1 Å². The molecule has 0 aromatic heterocycles. The molecular formula is C28H36N6O6S2. The molecule has 0 bridgehead atoms. The SMILES string of the molecule is O=C(CCCCNC1=NCCCN1)Nc1ccc(C[C@H](NC(=O)[C@@H]2CSCN2S(=O)(=O)c2ccccc2)C(=O)O)cc1. The Hall–Kier alpha value is -3.62. The smallest absolute Gasteiger partial charge is 0.326 e. The van der Waals surface area contributed by atoms with Gasteiger partial charge in [-0.3, -0.25) is 14.6 Å². The van der Waals surface area contributed by atoms with Gasteiger partial charge in [-0.15, -0.1) is 11.8 Å². The molecule has 5 N–H and O–H groups in total. The fraction of sp³-hybridized carbons (Fsp3) is 0.429. The summed E-state index contributed by atoms with van der Waals surface area (Å²) in [5, 5.41) is 21.6. The second kappa shape index (κ2) is 15.0. The number of sulfonamides is 1. The lowest BCUT2D eigenvalue weighted by atomic mass is 10.0. The zero-order chi connectivity index (χ0) is 30.0. The number of thioether (sulfide) groups is 1. The summed E-state index contributed by atoms with van der Waals surface area (Å²) in [4.78, 5) is 41.8. The minimum Gasteiger partial charge on any atom is -0.480 e. The molecule has 1 saturated heterocycles. The van der Waals surface area contributed by atoms with Crippen molar-refractivity contribution < 1.29 is 27.9 Å². The van der Waals surface area contributed by atoms with Crippen LogP contribution in [0.25, 0.3) is 0 Å². The summed E-state index contributed by atoms with van der Waals surface area (Å²) in [7, 11) is -3.92. The van der Waals surface area contributed by atoms with Crippen molar-refractivity contribution in [3.05, 3.63) is 60.2 Å². The highest BCUT2D eigenvalue weighted by molar-refractivity contribution is 8.00. The third-order valence-electron chi connectivity index (χ3n) is 6.81. The van der Waals surface area contributed by atoms with Gasteiger partial charge in [0.05, 0.1) is 10.8 Å². The number of unbranched alkanes of at least 4 members (excludes halogenated alkanes) is 1. The number of nitrogens with one attached hydrogen (secondary N) is 4. The topological polar surface area (TPSA) is 169 Å². The maximum Gasteiger partial charge on any atom is 0.326 e. The Labute approximate surface area is 249 Å². The van der Waals surface area contributed by atoms with Crippen LogP contribution in [0.3, 0.4) is 0 Å². The highest BCUT2D eigenvalue weighted by Gasteiger charge is 2.41. The standard InChI is InChI=1S/C28H36N6O6S2/c35-25(9-4-5-14-29-28-30-15-6-16-31-28)32-21-12-10-20(11-13-21)17-23(27(37)38)33-26(36)24-18-41-19-34(24)42(39,40)22-7-2-1-3-8-22/h1-3,7-8,10-13,23-24H,4-6,9,14-19H2,(H,32,35)(H,33,36)(H,37,38)(H2,29,30,31)/t23-,24-/m0/s1. The van der Waals surface area contributed by atoms with Crippen LogP contribution in [0, 0.1) is 0 Å². The molecular weight excluding hydrogens is 580 g/mol. The van der Waals surface area contributed by atoms with Crippen LogP contribution in [-0.4, -0.2) is 84.9 Å². The van der Waals surface area contributed by atoms with Crippen molar-refractivity contribution in [2.45, 2.75) is 49.1 Å². The highest BCUT2D eigenvalue weighted by Crippen LogP contribution is 2.28. The molecule has 0 unspecified atom stereocenters. The number of hydrogen-bond acceptors (Lipinski definition) is 9. The average molecular weight is 617 g/mol. The van der Waals surface area contributed by atoms with E-state index in [1.807, 2.05) is 0 Å². The summed E-state index contributed by atoms with van der Waals surface area (Å²) in [6.07, 6.45) is 2.94. The molecule has 2 amide bonds. The number of amides is 2. The second-order valence-corrected chi connectivity index (χ2v) is 12.9. The minimum atomic E-state index is -3.92. The molecule has 2 aromatic carbocycles. The van der Waals surface area contributed by atoms with E-state index >= 15 is 0 Å². The van der Waals surface area contributed by atoms with Crippen molar-refractivity contribution in [2.24, 2.45) is 4.99 Å². The summed E-state index contributed by atoms with van der Waals surface area (Å²) < 4.78 is 27.3. The number of carbonyl (C=O) groups is 3. The average Bonchev–Trinajstić information content (AvgIpc) is 3.50. The predicted molar refractivity (Wildman–Crippen MR) is 162 cm³/mol. The number of guanidine groups is 1. The maximum absolute atomic E-state index is 13.1. The van der Waals surface area contributed by atoms with Crippen LogP contribution in [0.1, 0.15) is 31.2 Å². The molecule has 0 saturated carbocycles. The van der Waals surface area contributed by atoms with Gasteiger partial charge in [0.25, 0.3) is 0 Å². The molecule has 2 heterocycles. The fourth-order valence-corrected chi connectivity index (χ4v) is 7.69. The quantitative estimate of drug-likeness (QED) is 0.210. The van der Waals surface area contributed by atoms with Crippen molar-refractivity contribution in [2.75, 3.05) is 36.6 Å². The van der Waals surface area contributed by atoms with Crippen LogP contribution in [0.4, 0.5) is 5.69 Å². The van der Waals surface area contributed by atoms with Crippen LogP contribution in [0.2, 0.25) is 0 Å². The van der Waals surface area contributed by atoms with E-state index in [4.69, 9.17) is 0 Å². The summed E-state index contributed by atoms with van der Waals surface area (Å²) in [5.74, 6) is -0.868. The van der Waals surface area contributed by atoms with Crippen molar-refractivity contribution in [3.8, 4) is 0 Å². The van der Waals surface area contributed by atoms with E-state index in [0.29, 0.717) is 24.1 Å². The number of carboxylic acid groups (broad SMARTS) is 1. The molecule has 0 radical (unpaired) electrons. The number of hydrogen-bond donors (Lipinski definition) is 5. The molecule has 0 aliphatic carbocycles. The third-order valence-corrected chi connectivity index (χ3v) is 9.85. The number of carboxylic acids is 1. The first-order valence-corrected chi connectivity index (χ1v) is 16.4. The molecule has 226 valence electrons. The van der Waals surface area contributed by atoms with E-state index in [1.54, 1.807) is 42.5 Å². The molecule has 4 rings (SSSR count). The van der Waals surface area contributed by atoms with E-state index in [-0.39, 0.29) is 28.9 Å². The lowest BCUT2D eigenvalue weighted by Gasteiger charge is -2.24. The Morgan fingerprint density at radius 3 is 2.55 bits per heavy atom. The number of benzene rings is 2. The third kappa shape index (κ3) is 8.69. The van der Waals surface area contributed by atoms with E-state index in [2.05, 4.69) is 26.3 Å². The largest absolute Gasteiger partial charge is 0.480 e.